The smallest absolute Gasteiger partial charge is 0.378 e. The van der Waals surface area contributed by atoms with Gasteiger partial charge in [0.25, 0.3) is 5.91 Å². The Hall–Kier alpha value is -2.68. The minimum atomic E-state index is -4.79. The Balaban J connectivity index is 1.51. The first-order chi connectivity index (χ1) is 14.8. The number of fused-ring (bicyclic) bond motifs is 5. The average molecular weight is 435 g/mol. The molecule has 2 unspecified atom stereocenters. The fourth-order valence-electron chi connectivity index (χ4n) is 5.06. The molecule has 1 saturated carbocycles. The van der Waals surface area contributed by atoms with Crippen LogP contribution in [-0.4, -0.2) is 42.1 Å². The molecule has 2 bridgehead atoms. The molecule has 1 amide bonds. The van der Waals surface area contributed by atoms with Gasteiger partial charge >= 0.3 is 6.18 Å². The van der Waals surface area contributed by atoms with E-state index in [0.717, 1.165) is 42.5 Å². The number of pyridine rings is 1. The second-order valence-electron chi connectivity index (χ2n) is 8.28. The number of aromatic nitrogens is 1. The van der Waals surface area contributed by atoms with Crippen LogP contribution < -0.4 is 5.32 Å². The third kappa shape index (κ3) is 3.54. The summed E-state index contributed by atoms with van der Waals surface area (Å²) < 4.78 is 58.3. The van der Waals surface area contributed by atoms with Crippen molar-refractivity contribution in [3.63, 3.8) is 0 Å². The topological polar surface area (TPSA) is 54.5 Å². The zero-order valence-corrected chi connectivity index (χ0v) is 16.6. The monoisotopic (exact) mass is 435 g/mol. The summed E-state index contributed by atoms with van der Waals surface area (Å²) >= 11 is 0. The number of hydrogen-bond acceptors (Lipinski definition) is 4. The van der Waals surface area contributed by atoms with E-state index < -0.39 is 17.6 Å². The highest BCUT2D eigenvalue weighted by molar-refractivity contribution is 5.97. The number of hydrogen-bond donors (Lipinski definition) is 1. The third-order valence-corrected chi connectivity index (χ3v) is 6.47. The summed E-state index contributed by atoms with van der Waals surface area (Å²) in [6.07, 6.45) is -0.408. The van der Waals surface area contributed by atoms with Gasteiger partial charge in [-0.15, -0.1) is 0 Å². The van der Waals surface area contributed by atoms with Gasteiger partial charge in [-0.1, -0.05) is 0 Å². The van der Waals surface area contributed by atoms with Crippen LogP contribution >= 0.6 is 0 Å². The third-order valence-electron chi connectivity index (χ3n) is 6.47. The van der Waals surface area contributed by atoms with E-state index in [1.165, 1.54) is 12.3 Å². The van der Waals surface area contributed by atoms with E-state index >= 15 is 0 Å². The molecular formula is C22H21F4N3O2. The van der Waals surface area contributed by atoms with E-state index in [9.17, 15) is 22.4 Å². The number of alkyl halides is 3. The molecular weight excluding hydrogens is 414 g/mol. The second-order valence-corrected chi connectivity index (χ2v) is 8.28. The van der Waals surface area contributed by atoms with Crippen molar-refractivity contribution >= 4 is 17.4 Å². The van der Waals surface area contributed by atoms with Gasteiger partial charge in [0.2, 0.25) is 0 Å². The molecule has 1 aromatic carbocycles. The summed E-state index contributed by atoms with van der Waals surface area (Å²) in [5.74, 6) is -0.480. The van der Waals surface area contributed by atoms with Gasteiger partial charge in [-0.3, -0.25) is 4.79 Å². The largest absolute Gasteiger partial charge is 0.419 e. The van der Waals surface area contributed by atoms with Crippen molar-refractivity contribution in [2.75, 3.05) is 31.6 Å². The van der Waals surface area contributed by atoms with Crippen LogP contribution in [0.2, 0.25) is 0 Å². The molecule has 2 heterocycles. The van der Waals surface area contributed by atoms with Crippen molar-refractivity contribution in [2.24, 2.45) is 0 Å². The van der Waals surface area contributed by atoms with Gasteiger partial charge in [0.15, 0.2) is 0 Å². The molecule has 2 aliphatic carbocycles. The van der Waals surface area contributed by atoms with Crippen LogP contribution in [0.3, 0.4) is 0 Å². The van der Waals surface area contributed by atoms with Crippen LogP contribution in [0.15, 0.2) is 24.4 Å². The highest BCUT2D eigenvalue weighted by Gasteiger charge is 2.42. The molecule has 0 spiro atoms. The number of benzene rings is 1. The maximum Gasteiger partial charge on any atom is 0.419 e. The fraction of sp³-hybridized carbons (Fsp3) is 0.455. The normalized spacial score (nSPS) is 22.5. The van der Waals surface area contributed by atoms with Gasteiger partial charge in [-0.05, 0) is 54.9 Å². The second kappa shape index (κ2) is 7.47. The molecule has 0 radical (unpaired) electrons. The van der Waals surface area contributed by atoms with E-state index in [-0.39, 0.29) is 23.4 Å². The highest BCUT2D eigenvalue weighted by atomic mass is 19.4. The maximum absolute atomic E-state index is 13.7. The van der Waals surface area contributed by atoms with Crippen LogP contribution in [0.4, 0.5) is 29.1 Å². The van der Waals surface area contributed by atoms with Crippen LogP contribution in [0, 0.1) is 5.82 Å². The van der Waals surface area contributed by atoms with Crippen molar-refractivity contribution in [3.05, 3.63) is 52.5 Å². The Bertz CT molecular complexity index is 1030. The molecule has 164 valence electrons. The Morgan fingerprint density at radius 1 is 1.13 bits per heavy atom. The number of nitrogens with one attached hydrogen (secondary N) is 1. The van der Waals surface area contributed by atoms with Crippen LogP contribution in [-0.2, 0) is 10.9 Å². The summed E-state index contributed by atoms with van der Waals surface area (Å²) in [6, 6.07) is 2.82. The van der Waals surface area contributed by atoms with Gasteiger partial charge in [0, 0.05) is 30.5 Å². The molecule has 3 aliphatic rings. The van der Waals surface area contributed by atoms with Crippen LogP contribution in [0.25, 0.3) is 0 Å². The summed E-state index contributed by atoms with van der Waals surface area (Å²) in [4.78, 5) is 19.3. The number of rotatable bonds is 3. The number of carbonyl (C=O) groups excluding carboxylic acids is 1. The Morgan fingerprint density at radius 2 is 1.84 bits per heavy atom. The zero-order valence-electron chi connectivity index (χ0n) is 16.6. The Morgan fingerprint density at radius 3 is 2.55 bits per heavy atom. The number of carbonyl (C=O) groups is 1. The van der Waals surface area contributed by atoms with Gasteiger partial charge in [-0.25, -0.2) is 9.37 Å². The lowest BCUT2D eigenvalue weighted by atomic mass is 9.88. The maximum atomic E-state index is 13.7. The zero-order chi connectivity index (χ0) is 21.8. The van der Waals surface area contributed by atoms with Crippen LogP contribution in [0.5, 0.6) is 0 Å². The number of amides is 1. The van der Waals surface area contributed by atoms with Gasteiger partial charge < -0.3 is 15.0 Å². The number of nitrogens with zero attached hydrogens (tertiary/aromatic N) is 2. The SMILES string of the molecule is O=C(c1cnc(Nc2ccc(F)c(C(F)(F)F)c2)c2c1C1CCC2C1)N1CCOCC1. The first-order valence-electron chi connectivity index (χ1n) is 10.4. The molecule has 2 aromatic rings. The summed E-state index contributed by atoms with van der Waals surface area (Å²) in [5, 5.41) is 2.95. The van der Waals surface area contributed by atoms with E-state index in [1.807, 2.05) is 0 Å². The van der Waals surface area contributed by atoms with Crippen molar-refractivity contribution in [1.29, 1.82) is 0 Å². The molecule has 31 heavy (non-hydrogen) atoms. The van der Waals surface area contributed by atoms with Crippen molar-refractivity contribution in [3.8, 4) is 0 Å². The predicted molar refractivity (Wildman–Crippen MR) is 105 cm³/mol. The minimum absolute atomic E-state index is 0.0766. The van der Waals surface area contributed by atoms with Gasteiger partial charge in [-0.2, -0.15) is 13.2 Å². The van der Waals surface area contributed by atoms with Gasteiger partial charge in [0.1, 0.15) is 11.6 Å². The fourth-order valence-corrected chi connectivity index (χ4v) is 5.06. The summed E-state index contributed by atoms with van der Waals surface area (Å²) in [7, 11) is 0. The first kappa shape index (κ1) is 20.2. The quantitative estimate of drug-likeness (QED) is 0.703. The van der Waals surface area contributed by atoms with Crippen molar-refractivity contribution < 1.29 is 27.1 Å². The standard InChI is InChI=1S/C22H21F4N3O2/c23-17-4-3-14(10-16(17)22(24,25)26)28-20-19-13-2-1-12(9-13)18(19)15(11-27-20)21(30)29-5-7-31-8-6-29/h3-4,10-13H,1-2,5-9H2,(H,27,28). The van der Waals surface area contributed by atoms with Crippen molar-refractivity contribution in [2.45, 2.75) is 37.3 Å². The molecule has 9 heteroatoms. The molecule has 1 saturated heterocycles. The lowest BCUT2D eigenvalue weighted by Crippen LogP contribution is -2.41. The van der Waals surface area contributed by atoms with E-state index in [1.54, 1.807) is 4.90 Å². The molecule has 1 aromatic heterocycles. The van der Waals surface area contributed by atoms with E-state index in [4.69, 9.17) is 4.74 Å². The summed E-state index contributed by atoms with van der Waals surface area (Å²) in [5.41, 5.74) is 1.23. The van der Waals surface area contributed by atoms with E-state index in [2.05, 4.69) is 10.3 Å². The Labute approximate surface area is 176 Å². The number of anilines is 2. The van der Waals surface area contributed by atoms with E-state index in [0.29, 0.717) is 37.7 Å². The molecule has 2 atom stereocenters. The number of halogens is 4. The Kier molecular flexibility index (Phi) is 4.88. The van der Waals surface area contributed by atoms with Gasteiger partial charge in [0.05, 0.1) is 24.3 Å². The first-order valence-corrected chi connectivity index (χ1v) is 10.4. The van der Waals surface area contributed by atoms with Crippen LogP contribution in [0.1, 0.15) is 58.1 Å². The predicted octanol–water partition coefficient (Wildman–Crippen LogP) is 4.82. The highest BCUT2D eigenvalue weighted by Crippen LogP contribution is 2.56. The average Bonchev–Trinajstić information content (AvgIpc) is 3.37. The molecule has 5 rings (SSSR count). The summed E-state index contributed by atoms with van der Waals surface area (Å²) in [6.45, 7) is 2.05. The lowest BCUT2D eigenvalue weighted by molar-refractivity contribution is -0.139. The number of ether oxygens (including phenoxy) is 1. The molecule has 2 fully saturated rings. The minimum Gasteiger partial charge on any atom is -0.378 e. The molecule has 5 nitrogen and oxygen atoms in total. The lowest BCUT2D eigenvalue weighted by Gasteiger charge is -2.29. The molecule has 1 N–H and O–H groups in total. The van der Waals surface area contributed by atoms with Crippen molar-refractivity contribution in [1.82, 2.24) is 9.88 Å². The number of morpholine rings is 1. The molecule has 1 aliphatic heterocycles.